The maximum absolute atomic E-state index is 15.1. The number of thioether (sulfide) groups is 1. The first-order valence-electron chi connectivity index (χ1n) is 37.8. The van der Waals surface area contributed by atoms with Crippen molar-refractivity contribution >= 4 is 57.6 Å². The van der Waals surface area contributed by atoms with Gasteiger partial charge in [-0.05, 0) is 64.4 Å². The quantitative estimate of drug-likeness (QED) is 0.0170. The van der Waals surface area contributed by atoms with E-state index < -0.39 is 36.0 Å². The Morgan fingerprint density at radius 1 is 0.514 bits per heavy atom. The zero-order chi connectivity index (χ0) is 77.2. The molecule has 4 bridgehead atoms. The number of aliphatic hydroxyl groups is 1. The summed E-state index contributed by atoms with van der Waals surface area (Å²) in [6.45, 7) is 11.0. The molecule has 4 amide bonds. The average Bonchev–Trinajstić information content (AvgIpc) is 1.69. The van der Waals surface area contributed by atoms with Gasteiger partial charge in [0.15, 0.2) is 23.0 Å². The molecular formula is C87H100N8O14S2. The number of thiocarbonyl (C=S) groups is 1. The number of carbonyl (C=O) groups excluding carboxylic acids is 4. The Labute approximate surface area is 660 Å². The molecule has 11 rings (SSSR count). The van der Waals surface area contributed by atoms with Crippen LogP contribution in [0.15, 0.2) is 224 Å². The van der Waals surface area contributed by atoms with Gasteiger partial charge in [-0.2, -0.15) is 0 Å². The zero-order valence-corrected chi connectivity index (χ0v) is 64.5. The van der Waals surface area contributed by atoms with Crippen molar-refractivity contribution in [3.05, 3.63) is 280 Å². The summed E-state index contributed by atoms with van der Waals surface area (Å²) in [5.41, 5.74) is 7.36. The van der Waals surface area contributed by atoms with Crippen molar-refractivity contribution in [3.8, 4) is 23.0 Å². The predicted molar refractivity (Wildman–Crippen MR) is 433 cm³/mol. The number of benzene rings is 8. The predicted octanol–water partition coefficient (Wildman–Crippen LogP) is 11.0. The molecule has 3 atom stereocenters. The summed E-state index contributed by atoms with van der Waals surface area (Å²) < 4.78 is 57.8. The number of nitrogens with zero attached hydrogens (tertiary/aromatic N) is 3. The van der Waals surface area contributed by atoms with E-state index in [1.165, 1.54) is 11.8 Å². The van der Waals surface area contributed by atoms with Crippen molar-refractivity contribution in [1.29, 1.82) is 0 Å². The summed E-state index contributed by atoms with van der Waals surface area (Å²) >= 11 is 7.15. The van der Waals surface area contributed by atoms with Gasteiger partial charge in [0.2, 0.25) is 5.91 Å². The number of amides is 4. The fourth-order valence-corrected chi connectivity index (χ4v) is 14.3. The summed E-state index contributed by atoms with van der Waals surface area (Å²) in [5.74, 6) is -0.395. The Hall–Kier alpha value is -9.96. The first kappa shape index (κ1) is 82.0. The molecule has 0 aromatic heterocycles. The molecule has 0 radical (unpaired) electrons. The summed E-state index contributed by atoms with van der Waals surface area (Å²) in [5, 5.41) is 28.8. The average molecular weight is 1550 g/mol. The second-order valence-corrected chi connectivity index (χ2v) is 28.5. The highest BCUT2D eigenvalue weighted by atomic mass is 32.2. The second kappa shape index (κ2) is 44.2. The van der Waals surface area contributed by atoms with Gasteiger partial charge in [0.1, 0.15) is 55.4 Å². The number of methoxy groups -OCH3 is 1. The highest BCUT2D eigenvalue weighted by Gasteiger charge is 2.44. The molecule has 6 N–H and O–H groups in total. The van der Waals surface area contributed by atoms with E-state index in [1.807, 2.05) is 193 Å². The third-order valence-electron chi connectivity index (χ3n) is 19.1. The van der Waals surface area contributed by atoms with Crippen molar-refractivity contribution in [3.63, 3.8) is 0 Å². The zero-order valence-electron chi connectivity index (χ0n) is 62.9. The molecule has 3 aliphatic rings. The highest BCUT2D eigenvalue weighted by Crippen LogP contribution is 2.42. The van der Waals surface area contributed by atoms with Crippen molar-refractivity contribution in [2.24, 2.45) is 5.92 Å². The van der Waals surface area contributed by atoms with Crippen LogP contribution in [-0.2, 0) is 72.9 Å². The molecule has 1 fully saturated rings. The maximum Gasteiger partial charge on any atom is 0.255 e. The normalized spacial score (nSPS) is 17.2. The maximum atomic E-state index is 15.1. The van der Waals surface area contributed by atoms with E-state index in [0.717, 1.165) is 33.4 Å². The van der Waals surface area contributed by atoms with Crippen molar-refractivity contribution in [2.45, 2.75) is 64.8 Å². The lowest BCUT2D eigenvalue weighted by molar-refractivity contribution is -0.139. The lowest BCUT2D eigenvalue weighted by atomic mass is 9.84. The standard InChI is InChI=1S/C87H100N8O14S2/c1-63-70-33-34-71(77(105-58-65-23-11-4-12-24-65)76(70)104-57-64-21-9-3-10-22-64)82(96)89-40-45-93(47-42-91-85(99)74-37-38-75(86(100)95-50-56-111-87(95)110)81(109-62-69-31-19-8-20-32-69)80(74)108-61-68-29-17-7-18-30-68)46-41-90-83(97)72-35-36-73(84(98)92-43-48-94(44-39-88-63)49-51-102-54-55-103-53-52-101-2)79(107-60-67-27-15-6-16-28-67)78(72)106-59-66-25-13-5-14-26-66/h3-36,75,81,84,88,92,98H,1,37-62H2,2H3,(H,89,96)(H,90,97)(H,91,99). The van der Waals surface area contributed by atoms with Gasteiger partial charge < -0.3 is 69.0 Å². The topological polar surface area (TPSA) is 241 Å². The number of aliphatic hydroxyl groups excluding tert-OH is 1. The number of rotatable bonds is 32. The van der Waals surface area contributed by atoms with Gasteiger partial charge in [0, 0.05) is 108 Å². The highest BCUT2D eigenvalue weighted by molar-refractivity contribution is 8.23. The molecule has 584 valence electrons. The Morgan fingerprint density at radius 2 is 0.946 bits per heavy atom. The fraction of sp³-hybridized carbons (Fsp3) is 0.345. The van der Waals surface area contributed by atoms with Crippen molar-refractivity contribution in [1.82, 2.24) is 41.3 Å². The fourth-order valence-electron chi connectivity index (χ4n) is 13.0. The van der Waals surface area contributed by atoms with E-state index in [-0.39, 0.29) is 125 Å². The smallest absolute Gasteiger partial charge is 0.255 e. The van der Waals surface area contributed by atoms with Crippen LogP contribution in [0.3, 0.4) is 0 Å². The van der Waals surface area contributed by atoms with Gasteiger partial charge in [-0.25, -0.2) is 0 Å². The van der Waals surface area contributed by atoms with Crippen LogP contribution in [-0.4, -0.2) is 178 Å². The molecule has 8 aromatic carbocycles. The van der Waals surface area contributed by atoms with Gasteiger partial charge >= 0.3 is 0 Å². The van der Waals surface area contributed by atoms with Crippen LogP contribution in [0.25, 0.3) is 5.70 Å². The third kappa shape index (κ3) is 24.8. The summed E-state index contributed by atoms with van der Waals surface area (Å²) in [7, 11) is 1.63. The minimum Gasteiger partial charge on any atom is -0.490 e. The van der Waals surface area contributed by atoms with Crippen LogP contribution in [0, 0.1) is 5.92 Å². The SMILES string of the molecule is C=C1NCCN(CCOCCOCCOC)CCNC(O)c2ccc(c(OCc3ccccc3)c2OCc2ccccc2)C(=O)NCCN(CCNC(=O)C2=C(OCc3ccccc3)C(OCc3ccccc3)C(C(=O)N3CCSC3=S)CC2)CCNC(=O)c2ccc1c(OCc1ccccc1)c2OCc1ccccc1. The molecule has 24 heteroatoms. The lowest BCUT2D eigenvalue weighted by Crippen LogP contribution is -2.46. The number of ether oxygens (including phenoxy) is 9. The van der Waals surface area contributed by atoms with E-state index in [2.05, 4.69) is 38.1 Å². The van der Waals surface area contributed by atoms with E-state index in [1.54, 1.807) is 30.2 Å². The largest absolute Gasteiger partial charge is 0.490 e. The molecular weight excluding hydrogens is 1450 g/mol. The molecule has 8 aromatic rings. The molecule has 111 heavy (non-hydrogen) atoms. The van der Waals surface area contributed by atoms with Crippen LogP contribution in [0.2, 0.25) is 0 Å². The van der Waals surface area contributed by atoms with Gasteiger partial charge in [0.05, 0.1) is 62.3 Å². The Bertz CT molecular complexity index is 4310. The minimum absolute atomic E-state index is 0.0640. The van der Waals surface area contributed by atoms with Crippen molar-refractivity contribution in [2.75, 3.05) is 124 Å². The van der Waals surface area contributed by atoms with Crippen molar-refractivity contribution < 1.29 is 66.9 Å². The number of hydrogen-bond acceptors (Lipinski definition) is 20. The Balaban J connectivity index is 0.916. The molecule has 1 saturated heterocycles. The van der Waals surface area contributed by atoms with Crippen LogP contribution in [0.1, 0.15) is 84.3 Å². The Kier molecular flexibility index (Phi) is 32.6. The van der Waals surface area contributed by atoms with Gasteiger partial charge in [-0.1, -0.05) is 219 Å². The first-order valence-corrected chi connectivity index (χ1v) is 39.2. The third-order valence-corrected chi connectivity index (χ3v) is 20.5. The monoisotopic (exact) mass is 1540 g/mol. The van der Waals surface area contributed by atoms with Crippen LogP contribution in [0.4, 0.5) is 0 Å². The van der Waals surface area contributed by atoms with Crippen LogP contribution < -0.4 is 45.5 Å². The summed E-state index contributed by atoms with van der Waals surface area (Å²) in [6, 6.07) is 64.7. The molecule has 22 nitrogen and oxygen atoms in total. The second-order valence-electron chi connectivity index (χ2n) is 26.8. The van der Waals surface area contributed by atoms with Gasteiger partial charge in [-0.3, -0.25) is 39.2 Å². The number of fused-ring (bicyclic) bond motifs is 6. The molecule has 1 aliphatic carbocycles. The number of hydrogen-bond donors (Lipinski definition) is 6. The van der Waals surface area contributed by atoms with Gasteiger partial charge in [-0.15, -0.1) is 0 Å². The number of nitrogens with one attached hydrogen (secondary N) is 5. The van der Waals surface area contributed by atoms with E-state index in [4.69, 9.17) is 54.8 Å². The summed E-state index contributed by atoms with van der Waals surface area (Å²) in [4.78, 5) is 65.8. The van der Waals surface area contributed by atoms with Crippen LogP contribution in [0.5, 0.6) is 23.0 Å². The van der Waals surface area contributed by atoms with E-state index in [9.17, 15) is 9.90 Å². The van der Waals surface area contributed by atoms with E-state index in [0.29, 0.717) is 117 Å². The first-order chi connectivity index (χ1) is 54.5. The van der Waals surface area contributed by atoms with Crippen LogP contribution >= 0.6 is 24.0 Å². The molecule has 2 heterocycles. The van der Waals surface area contributed by atoms with Gasteiger partial charge in [0.25, 0.3) is 17.7 Å². The Morgan fingerprint density at radius 3 is 1.46 bits per heavy atom. The molecule has 0 spiro atoms. The molecule has 2 aliphatic heterocycles. The summed E-state index contributed by atoms with van der Waals surface area (Å²) in [6.07, 6.45) is -1.72. The van der Waals surface area contributed by atoms with E-state index >= 15 is 14.4 Å². The number of carbonyl (C=O) groups is 4. The lowest BCUT2D eigenvalue weighted by Gasteiger charge is -2.35. The molecule has 3 unspecified atom stereocenters. The molecule has 0 saturated carbocycles. The minimum atomic E-state index is -1.30.